The number of piperidine rings is 1. The van der Waals surface area contributed by atoms with E-state index in [2.05, 4.69) is 5.10 Å². The number of carbonyl (C=O) groups excluding carboxylic acids is 2. The van der Waals surface area contributed by atoms with Gasteiger partial charge in [-0.1, -0.05) is 0 Å². The van der Waals surface area contributed by atoms with Gasteiger partial charge in [0, 0.05) is 18.7 Å². The molecule has 0 spiro atoms. The lowest BCUT2D eigenvalue weighted by molar-refractivity contribution is 0.0491. The van der Waals surface area contributed by atoms with Gasteiger partial charge in [-0.05, 0) is 50.8 Å². The van der Waals surface area contributed by atoms with Gasteiger partial charge in [0.05, 0.1) is 17.8 Å². The number of rotatable bonds is 6. The zero-order valence-corrected chi connectivity index (χ0v) is 17.3. The smallest absolute Gasteiger partial charge is 0.410 e. The maximum absolute atomic E-state index is 14.1. The Morgan fingerprint density at radius 1 is 1.29 bits per heavy atom. The first-order valence-electron chi connectivity index (χ1n) is 10.3. The summed E-state index contributed by atoms with van der Waals surface area (Å²) in [6.07, 6.45) is 4.60. The standard InChI is InChI=1S/C21H26FN5O4/c1-21(6-7-21)31-20(29)26-8-4-15(5-9-26)27-18(23)14(11-25-27)12-30-17-3-2-13(19(24)28)10-16(17)22/h2-3,10-11,15H,4-9,12,23H2,1H3,(H2,24,28). The molecule has 2 amide bonds. The molecule has 9 nitrogen and oxygen atoms in total. The normalized spacial score (nSPS) is 17.9. The number of anilines is 1. The summed E-state index contributed by atoms with van der Waals surface area (Å²) in [6.45, 7) is 3.12. The summed E-state index contributed by atoms with van der Waals surface area (Å²) in [5.41, 5.74) is 11.8. The molecule has 2 fully saturated rings. The molecule has 0 atom stereocenters. The number of nitrogens with two attached hydrogens (primary N) is 2. The first-order valence-corrected chi connectivity index (χ1v) is 10.3. The molecular formula is C21H26FN5O4. The third kappa shape index (κ3) is 4.57. The number of amides is 2. The Hall–Kier alpha value is -3.30. The van der Waals surface area contributed by atoms with E-state index in [-0.39, 0.29) is 35.7 Å². The van der Waals surface area contributed by atoms with Crippen molar-refractivity contribution in [3.63, 3.8) is 0 Å². The number of nitrogens with zero attached hydrogens (tertiary/aromatic N) is 3. The van der Waals surface area contributed by atoms with E-state index in [1.165, 1.54) is 12.1 Å². The second-order valence-electron chi connectivity index (χ2n) is 8.33. The molecule has 2 aliphatic rings. The van der Waals surface area contributed by atoms with Crippen molar-refractivity contribution in [3.8, 4) is 5.75 Å². The number of ether oxygens (including phenoxy) is 2. The second kappa shape index (κ2) is 8.09. The van der Waals surface area contributed by atoms with Crippen LogP contribution < -0.4 is 16.2 Å². The summed E-state index contributed by atoms with van der Waals surface area (Å²) in [4.78, 5) is 25.1. The minimum Gasteiger partial charge on any atom is -0.486 e. The molecule has 1 aliphatic heterocycles. The molecule has 4 rings (SSSR count). The van der Waals surface area contributed by atoms with Crippen molar-refractivity contribution in [1.29, 1.82) is 0 Å². The topological polar surface area (TPSA) is 126 Å². The Balaban J connectivity index is 1.33. The van der Waals surface area contributed by atoms with Gasteiger partial charge in [0.2, 0.25) is 5.91 Å². The zero-order valence-electron chi connectivity index (χ0n) is 17.3. The number of hydrogen-bond donors (Lipinski definition) is 2. The van der Waals surface area contributed by atoms with E-state index < -0.39 is 11.7 Å². The summed E-state index contributed by atoms with van der Waals surface area (Å²) in [6, 6.07) is 3.84. The maximum Gasteiger partial charge on any atom is 0.410 e. The minimum absolute atomic E-state index is 0.00618. The van der Waals surface area contributed by atoms with Gasteiger partial charge < -0.3 is 25.8 Å². The first kappa shape index (κ1) is 21.0. The number of nitrogen functional groups attached to an aromatic ring is 1. The van der Waals surface area contributed by atoms with Crippen LogP contribution in [0.5, 0.6) is 5.75 Å². The molecule has 4 N–H and O–H groups in total. The molecule has 2 aromatic rings. The molecule has 1 saturated carbocycles. The highest BCUT2D eigenvalue weighted by atomic mass is 19.1. The highest BCUT2D eigenvalue weighted by molar-refractivity contribution is 5.92. The monoisotopic (exact) mass is 431 g/mol. The van der Waals surface area contributed by atoms with Gasteiger partial charge >= 0.3 is 6.09 Å². The van der Waals surface area contributed by atoms with E-state index in [1.54, 1.807) is 15.8 Å². The van der Waals surface area contributed by atoms with Crippen molar-refractivity contribution in [3.05, 3.63) is 41.3 Å². The van der Waals surface area contributed by atoms with Gasteiger partial charge in [0.15, 0.2) is 11.6 Å². The van der Waals surface area contributed by atoms with E-state index in [9.17, 15) is 14.0 Å². The van der Waals surface area contributed by atoms with Crippen LogP contribution in [0.1, 0.15) is 54.6 Å². The molecule has 31 heavy (non-hydrogen) atoms. The Kier molecular flexibility index (Phi) is 5.47. The van der Waals surface area contributed by atoms with E-state index in [0.717, 1.165) is 18.9 Å². The molecule has 1 aromatic heterocycles. The molecule has 0 radical (unpaired) electrons. The summed E-state index contributed by atoms with van der Waals surface area (Å²) in [5.74, 6) is -0.951. The van der Waals surface area contributed by atoms with Gasteiger partial charge in [-0.25, -0.2) is 13.9 Å². The van der Waals surface area contributed by atoms with Crippen molar-refractivity contribution < 1.29 is 23.5 Å². The van der Waals surface area contributed by atoms with Gasteiger partial charge in [0.25, 0.3) is 0 Å². The van der Waals surface area contributed by atoms with Crippen LogP contribution in [0.4, 0.5) is 15.0 Å². The van der Waals surface area contributed by atoms with Crippen molar-refractivity contribution >= 4 is 17.8 Å². The summed E-state index contributed by atoms with van der Waals surface area (Å²) >= 11 is 0. The number of halogens is 1. The fourth-order valence-corrected chi connectivity index (χ4v) is 3.58. The second-order valence-corrected chi connectivity index (χ2v) is 8.33. The van der Waals surface area contributed by atoms with Crippen LogP contribution in [0, 0.1) is 5.82 Å². The van der Waals surface area contributed by atoms with E-state index >= 15 is 0 Å². The number of hydrogen-bond acceptors (Lipinski definition) is 6. The average Bonchev–Trinajstić information content (AvgIpc) is 3.35. The fourth-order valence-electron chi connectivity index (χ4n) is 3.58. The summed E-state index contributed by atoms with van der Waals surface area (Å²) in [7, 11) is 0. The number of carbonyl (C=O) groups is 2. The van der Waals surface area contributed by atoms with Crippen molar-refractivity contribution in [2.24, 2.45) is 5.73 Å². The third-order valence-corrected chi connectivity index (χ3v) is 5.87. The van der Waals surface area contributed by atoms with E-state index in [1.807, 2.05) is 6.92 Å². The van der Waals surface area contributed by atoms with Crippen LogP contribution in [0.15, 0.2) is 24.4 Å². The number of aromatic nitrogens is 2. The lowest BCUT2D eigenvalue weighted by Gasteiger charge is -2.32. The van der Waals surface area contributed by atoms with Gasteiger partial charge in [-0.15, -0.1) is 0 Å². The molecule has 0 bridgehead atoms. The Labute approximate surface area is 179 Å². The number of primary amides is 1. The minimum atomic E-state index is -0.711. The first-order chi connectivity index (χ1) is 14.8. The molecule has 1 aromatic carbocycles. The third-order valence-electron chi connectivity index (χ3n) is 5.87. The predicted molar refractivity (Wildman–Crippen MR) is 110 cm³/mol. The number of benzene rings is 1. The number of likely N-dealkylation sites (tertiary alicyclic amines) is 1. The van der Waals surface area contributed by atoms with Gasteiger partial charge in [-0.2, -0.15) is 5.10 Å². The van der Waals surface area contributed by atoms with Crippen LogP contribution in [0.3, 0.4) is 0 Å². The van der Waals surface area contributed by atoms with Crippen molar-refractivity contribution in [1.82, 2.24) is 14.7 Å². The lowest BCUT2D eigenvalue weighted by Crippen LogP contribution is -2.41. The molecule has 2 heterocycles. The molecule has 1 aliphatic carbocycles. The summed E-state index contributed by atoms with van der Waals surface area (Å²) < 4.78 is 26.9. The lowest BCUT2D eigenvalue weighted by atomic mass is 10.1. The van der Waals surface area contributed by atoms with Gasteiger partial charge in [-0.3, -0.25) is 4.79 Å². The highest BCUT2D eigenvalue weighted by Crippen LogP contribution is 2.39. The Bertz CT molecular complexity index is 996. The largest absolute Gasteiger partial charge is 0.486 e. The van der Waals surface area contributed by atoms with Crippen LogP contribution >= 0.6 is 0 Å². The van der Waals surface area contributed by atoms with Crippen molar-refractivity contribution in [2.75, 3.05) is 18.8 Å². The SMILES string of the molecule is CC1(OC(=O)N2CCC(n3ncc(COc4ccc(C(N)=O)cc4F)c3N)CC2)CC1. The Morgan fingerprint density at radius 2 is 2.00 bits per heavy atom. The van der Waals surface area contributed by atoms with Crippen LogP contribution in [0.25, 0.3) is 0 Å². The zero-order chi connectivity index (χ0) is 22.2. The highest BCUT2D eigenvalue weighted by Gasteiger charge is 2.43. The average molecular weight is 431 g/mol. The molecule has 166 valence electrons. The maximum atomic E-state index is 14.1. The van der Waals surface area contributed by atoms with Crippen LogP contribution in [-0.4, -0.2) is 45.4 Å². The van der Waals surface area contributed by atoms with E-state index in [4.69, 9.17) is 20.9 Å². The van der Waals surface area contributed by atoms with Gasteiger partial charge in [0.1, 0.15) is 18.0 Å². The Morgan fingerprint density at radius 3 is 2.61 bits per heavy atom. The van der Waals surface area contributed by atoms with Crippen molar-refractivity contribution in [2.45, 2.75) is 50.9 Å². The quantitative estimate of drug-likeness (QED) is 0.724. The molecular weight excluding hydrogens is 405 g/mol. The fraction of sp³-hybridized carbons (Fsp3) is 0.476. The summed E-state index contributed by atoms with van der Waals surface area (Å²) in [5, 5.41) is 4.37. The van der Waals surface area contributed by atoms with Crippen LogP contribution in [0.2, 0.25) is 0 Å². The molecule has 0 unspecified atom stereocenters. The predicted octanol–water partition coefficient (Wildman–Crippen LogP) is 2.61. The van der Waals surface area contributed by atoms with Crippen LogP contribution in [-0.2, 0) is 11.3 Å². The molecule has 1 saturated heterocycles. The molecule has 10 heteroatoms. The van der Waals surface area contributed by atoms with E-state index in [0.29, 0.717) is 37.3 Å².